The monoisotopic (exact) mass is 428 g/mol. The van der Waals surface area contributed by atoms with E-state index in [-0.39, 0.29) is 24.0 Å². The van der Waals surface area contributed by atoms with Crippen LogP contribution >= 0.6 is 15.9 Å². The molecule has 2 N–H and O–H groups in total. The molecule has 0 aliphatic heterocycles. The summed E-state index contributed by atoms with van der Waals surface area (Å²) in [7, 11) is -4.13. The van der Waals surface area contributed by atoms with Gasteiger partial charge in [0.15, 0.2) is 0 Å². The Morgan fingerprint density at radius 1 is 1.21 bits per heavy atom. The van der Waals surface area contributed by atoms with Crippen molar-refractivity contribution in [3.63, 3.8) is 0 Å². The average molecular weight is 429 g/mol. The lowest BCUT2D eigenvalue weighted by Crippen LogP contribution is -2.34. The molecule has 0 radical (unpaired) electrons. The number of nitrogens with one attached hydrogen (secondary N) is 2. The normalized spacial score (nSPS) is 12.1. The highest BCUT2D eigenvalue weighted by Gasteiger charge is 2.21. The van der Waals surface area contributed by atoms with Gasteiger partial charge in [0.2, 0.25) is 10.0 Å². The highest BCUT2D eigenvalue weighted by molar-refractivity contribution is 9.10. The third kappa shape index (κ3) is 6.70. The number of amides is 1. The van der Waals surface area contributed by atoms with Crippen molar-refractivity contribution in [2.24, 2.45) is 0 Å². The van der Waals surface area contributed by atoms with Crippen LogP contribution in [0.1, 0.15) is 27.2 Å². The predicted octanol–water partition coefficient (Wildman–Crippen LogP) is 2.92. The first-order valence-electron chi connectivity index (χ1n) is 7.03. The van der Waals surface area contributed by atoms with Gasteiger partial charge in [-0.25, -0.2) is 26.7 Å². The average Bonchev–Trinajstić information content (AvgIpc) is 2.40. The molecule has 0 saturated heterocycles. The van der Waals surface area contributed by atoms with E-state index >= 15 is 0 Å². The highest BCUT2D eigenvalue weighted by atomic mass is 79.9. The van der Waals surface area contributed by atoms with Crippen LogP contribution in [0.2, 0.25) is 0 Å². The second-order valence-corrected chi connectivity index (χ2v) is 8.47. The fourth-order valence-electron chi connectivity index (χ4n) is 1.59. The van der Waals surface area contributed by atoms with Crippen LogP contribution < -0.4 is 10.0 Å². The summed E-state index contributed by atoms with van der Waals surface area (Å²) < 4.78 is 57.8. The molecule has 0 aliphatic carbocycles. The Morgan fingerprint density at radius 2 is 1.83 bits per heavy atom. The number of sulfonamides is 1. The second kappa shape index (κ2) is 8.21. The van der Waals surface area contributed by atoms with Gasteiger partial charge < -0.3 is 10.1 Å². The molecule has 0 atom stereocenters. The van der Waals surface area contributed by atoms with Crippen molar-refractivity contribution in [2.45, 2.75) is 37.7 Å². The highest BCUT2D eigenvalue weighted by Crippen LogP contribution is 2.23. The summed E-state index contributed by atoms with van der Waals surface area (Å²) in [5, 5.41) is 2.47. The molecule has 0 spiro atoms. The number of hydrogen-bond acceptors (Lipinski definition) is 4. The van der Waals surface area contributed by atoms with Gasteiger partial charge in [-0.3, -0.25) is 0 Å². The molecule has 1 aromatic carbocycles. The van der Waals surface area contributed by atoms with Crippen LogP contribution in [0.4, 0.5) is 13.6 Å². The largest absolute Gasteiger partial charge is 0.444 e. The summed E-state index contributed by atoms with van der Waals surface area (Å²) in [4.78, 5) is 10.7. The third-order valence-corrected chi connectivity index (χ3v) is 4.66. The zero-order chi connectivity index (χ0) is 18.5. The summed E-state index contributed by atoms with van der Waals surface area (Å²) in [6.07, 6.45) is -0.346. The molecule has 6 nitrogen and oxygen atoms in total. The van der Waals surface area contributed by atoms with Crippen LogP contribution in [0.15, 0.2) is 21.5 Å². The smallest absolute Gasteiger partial charge is 0.407 e. The fraction of sp³-hybridized carbons (Fsp3) is 0.500. The Kier molecular flexibility index (Phi) is 7.11. The molecule has 0 unspecified atom stereocenters. The number of benzene rings is 1. The molecule has 1 rings (SSSR count). The number of alkyl carbamates (subject to hydrolysis) is 1. The van der Waals surface area contributed by atoms with Crippen LogP contribution in [-0.4, -0.2) is 33.2 Å². The number of halogens is 3. The Bertz CT molecular complexity index is 705. The zero-order valence-corrected chi connectivity index (χ0v) is 15.9. The summed E-state index contributed by atoms with van der Waals surface area (Å²) >= 11 is 2.81. The molecule has 0 saturated carbocycles. The van der Waals surface area contributed by atoms with Gasteiger partial charge in [-0.15, -0.1) is 0 Å². The van der Waals surface area contributed by atoms with Gasteiger partial charge in [-0.2, -0.15) is 0 Å². The topological polar surface area (TPSA) is 84.5 Å². The van der Waals surface area contributed by atoms with Crippen molar-refractivity contribution in [1.82, 2.24) is 10.0 Å². The number of rotatable bonds is 6. The number of ether oxygens (including phenoxy) is 1. The maximum absolute atomic E-state index is 13.6. The Balaban J connectivity index is 2.50. The Hall–Kier alpha value is -1.26. The minimum absolute atomic E-state index is 0.0352. The van der Waals surface area contributed by atoms with Gasteiger partial charge in [0, 0.05) is 19.2 Å². The number of carbonyl (C=O) groups excluding carboxylic acids is 1. The van der Waals surface area contributed by atoms with Gasteiger partial charge >= 0.3 is 6.09 Å². The van der Waals surface area contributed by atoms with E-state index in [2.05, 4.69) is 26.0 Å². The summed E-state index contributed by atoms with van der Waals surface area (Å²) in [6, 6.07) is 1.34. The van der Waals surface area contributed by atoms with Crippen LogP contribution in [0.3, 0.4) is 0 Å². The molecule has 10 heteroatoms. The van der Waals surface area contributed by atoms with Gasteiger partial charge in [0.1, 0.15) is 22.1 Å². The molecule has 0 fully saturated rings. The number of hydrogen-bond donors (Lipinski definition) is 2. The van der Waals surface area contributed by atoms with Crippen LogP contribution in [0.5, 0.6) is 0 Å². The molecule has 24 heavy (non-hydrogen) atoms. The van der Waals surface area contributed by atoms with Crippen molar-refractivity contribution in [2.75, 3.05) is 13.1 Å². The van der Waals surface area contributed by atoms with E-state index in [4.69, 9.17) is 4.74 Å². The lowest BCUT2D eigenvalue weighted by molar-refractivity contribution is 0.0527. The molecule has 136 valence electrons. The minimum atomic E-state index is -4.13. The van der Waals surface area contributed by atoms with Crippen LogP contribution in [0, 0.1) is 11.6 Å². The lowest BCUT2D eigenvalue weighted by Gasteiger charge is -2.19. The van der Waals surface area contributed by atoms with E-state index in [1.807, 2.05) is 0 Å². The molecule has 0 bridgehead atoms. The molecular weight excluding hydrogens is 410 g/mol. The molecule has 0 aromatic heterocycles. The first kappa shape index (κ1) is 20.8. The summed E-state index contributed by atoms with van der Waals surface area (Å²) in [6.45, 7) is 5.29. The van der Waals surface area contributed by atoms with E-state index in [1.54, 1.807) is 20.8 Å². The van der Waals surface area contributed by atoms with Crippen molar-refractivity contribution in [3.8, 4) is 0 Å². The predicted molar refractivity (Wildman–Crippen MR) is 88.1 cm³/mol. The van der Waals surface area contributed by atoms with Gasteiger partial charge in [0.05, 0.1) is 4.47 Å². The Labute approximate surface area is 148 Å². The quantitative estimate of drug-likeness (QED) is 0.538. The van der Waals surface area contributed by atoms with E-state index < -0.39 is 38.2 Å². The Morgan fingerprint density at radius 3 is 2.42 bits per heavy atom. The SMILES string of the molecule is CC(C)(C)OC(=O)NCCCNS(=O)(=O)c1cc(Br)c(F)cc1F. The zero-order valence-electron chi connectivity index (χ0n) is 13.5. The van der Waals surface area contributed by atoms with Crippen LogP contribution in [0.25, 0.3) is 0 Å². The molecular formula is C14H19BrF2N2O4S. The fourth-order valence-corrected chi connectivity index (χ4v) is 3.24. The molecule has 0 heterocycles. The van der Waals surface area contributed by atoms with Crippen molar-refractivity contribution in [1.29, 1.82) is 0 Å². The van der Waals surface area contributed by atoms with E-state index in [0.29, 0.717) is 6.07 Å². The minimum Gasteiger partial charge on any atom is -0.444 e. The van der Waals surface area contributed by atoms with E-state index in [0.717, 1.165) is 6.07 Å². The van der Waals surface area contributed by atoms with Crippen molar-refractivity contribution >= 4 is 32.0 Å². The number of carbonyl (C=O) groups is 1. The summed E-state index contributed by atoms with van der Waals surface area (Å²) in [5.41, 5.74) is -0.626. The molecule has 0 aliphatic rings. The van der Waals surface area contributed by atoms with Gasteiger partial charge in [0.25, 0.3) is 0 Å². The first-order valence-corrected chi connectivity index (χ1v) is 9.31. The maximum Gasteiger partial charge on any atom is 0.407 e. The standard InChI is InChI=1S/C14H19BrF2N2O4S/c1-14(2,3)23-13(20)18-5-4-6-19-24(21,22)12-7-9(15)10(16)8-11(12)17/h7-8,19H,4-6H2,1-3H3,(H,18,20). The summed E-state index contributed by atoms with van der Waals surface area (Å²) in [5.74, 6) is -2.08. The third-order valence-electron chi connectivity index (χ3n) is 2.58. The second-order valence-electron chi connectivity index (χ2n) is 5.88. The van der Waals surface area contributed by atoms with Crippen molar-refractivity contribution < 1.29 is 26.7 Å². The maximum atomic E-state index is 13.6. The van der Waals surface area contributed by atoms with Crippen LogP contribution in [-0.2, 0) is 14.8 Å². The lowest BCUT2D eigenvalue weighted by atomic mass is 10.2. The van der Waals surface area contributed by atoms with E-state index in [9.17, 15) is 22.0 Å². The first-order chi connectivity index (χ1) is 10.9. The van der Waals surface area contributed by atoms with Gasteiger partial charge in [-0.05, 0) is 49.2 Å². The molecule has 1 amide bonds. The molecule has 1 aromatic rings. The van der Waals surface area contributed by atoms with E-state index in [1.165, 1.54) is 0 Å². The van der Waals surface area contributed by atoms with Crippen molar-refractivity contribution in [3.05, 3.63) is 28.2 Å². The van der Waals surface area contributed by atoms with Gasteiger partial charge in [-0.1, -0.05) is 0 Å².